The van der Waals surface area contributed by atoms with Crippen LogP contribution in [0.3, 0.4) is 0 Å². The molecule has 0 spiro atoms. The highest BCUT2D eigenvalue weighted by molar-refractivity contribution is 6.00. The van der Waals surface area contributed by atoms with E-state index in [0.717, 1.165) is 27.6 Å². The second-order valence-corrected chi connectivity index (χ2v) is 9.17. The van der Waals surface area contributed by atoms with E-state index in [2.05, 4.69) is 16.4 Å². The predicted molar refractivity (Wildman–Crippen MR) is 150 cm³/mol. The van der Waals surface area contributed by atoms with Gasteiger partial charge in [0.1, 0.15) is 11.4 Å². The predicted octanol–water partition coefficient (Wildman–Crippen LogP) is 4.83. The Morgan fingerprint density at radius 2 is 1.95 bits per heavy atom. The average molecular weight is 524 g/mol. The monoisotopic (exact) mass is 523 g/mol. The first kappa shape index (κ1) is 27.1. The molecular weight excluding hydrogens is 494 g/mol. The number of amides is 1. The van der Waals surface area contributed by atoms with Gasteiger partial charge in [-0.05, 0) is 55.6 Å². The van der Waals surface area contributed by atoms with Gasteiger partial charge in [0.2, 0.25) is 5.91 Å². The van der Waals surface area contributed by atoms with Crippen molar-refractivity contribution in [2.24, 2.45) is 0 Å². The van der Waals surface area contributed by atoms with Gasteiger partial charge in [0.05, 0.1) is 18.7 Å². The summed E-state index contributed by atoms with van der Waals surface area (Å²) in [6.45, 7) is 2.01. The SMILES string of the molecule is COc1cc(NC(=O)C=CCN(C)C)cc(-c2cnc3c(c2)c(-c2cccc(C#N)c2)cn3COC(C)=O)c1. The number of anilines is 1. The van der Waals surface area contributed by atoms with Gasteiger partial charge >= 0.3 is 5.97 Å². The van der Waals surface area contributed by atoms with Crippen molar-refractivity contribution in [3.8, 4) is 34.1 Å². The van der Waals surface area contributed by atoms with E-state index in [0.29, 0.717) is 29.2 Å². The van der Waals surface area contributed by atoms with E-state index in [-0.39, 0.29) is 12.6 Å². The maximum absolute atomic E-state index is 12.5. The third-order valence-corrected chi connectivity index (χ3v) is 5.91. The second-order valence-electron chi connectivity index (χ2n) is 9.17. The van der Waals surface area contributed by atoms with Crippen molar-refractivity contribution in [2.45, 2.75) is 13.7 Å². The maximum atomic E-state index is 12.5. The number of nitriles is 1. The van der Waals surface area contributed by atoms with Gasteiger partial charge in [0.15, 0.2) is 6.73 Å². The number of aromatic nitrogens is 2. The largest absolute Gasteiger partial charge is 0.497 e. The lowest BCUT2D eigenvalue weighted by molar-refractivity contribution is -0.144. The van der Waals surface area contributed by atoms with E-state index in [1.165, 1.54) is 13.0 Å². The number of ether oxygens (including phenoxy) is 2. The second kappa shape index (κ2) is 12.1. The summed E-state index contributed by atoms with van der Waals surface area (Å²) in [4.78, 5) is 30.6. The molecular formula is C30H29N5O4. The fourth-order valence-electron chi connectivity index (χ4n) is 4.08. The summed E-state index contributed by atoms with van der Waals surface area (Å²) < 4.78 is 12.5. The van der Waals surface area contributed by atoms with Gasteiger partial charge in [0, 0.05) is 60.2 Å². The van der Waals surface area contributed by atoms with Gasteiger partial charge in [-0.2, -0.15) is 5.26 Å². The van der Waals surface area contributed by atoms with Crippen LogP contribution >= 0.6 is 0 Å². The smallest absolute Gasteiger partial charge is 0.304 e. The molecule has 0 bridgehead atoms. The molecule has 198 valence electrons. The number of nitrogens with zero attached hydrogens (tertiary/aromatic N) is 4. The van der Waals surface area contributed by atoms with Crippen LogP contribution in [0.5, 0.6) is 5.75 Å². The molecule has 4 aromatic rings. The first-order valence-corrected chi connectivity index (χ1v) is 12.2. The molecule has 0 unspecified atom stereocenters. The van der Waals surface area contributed by atoms with E-state index in [1.807, 2.05) is 55.5 Å². The van der Waals surface area contributed by atoms with E-state index in [4.69, 9.17) is 9.47 Å². The Bertz CT molecular complexity index is 1600. The molecule has 4 rings (SSSR count). The number of pyridine rings is 1. The fourth-order valence-corrected chi connectivity index (χ4v) is 4.08. The highest BCUT2D eigenvalue weighted by Crippen LogP contribution is 2.35. The van der Waals surface area contributed by atoms with E-state index in [9.17, 15) is 14.9 Å². The minimum Gasteiger partial charge on any atom is -0.497 e. The number of fused-ring (bicyclic) bond motifs is 1. The first-order valence-electron chi connectivity index (χ1n) is 12.2. The van der Waals surface area contributed by atoms with Crippen LogP contribution in [0, 0.1) is 11.3 Å². The Kier molecular flexibility index (Phi) is 8.39. The van der Waals surface area contributed by atoms with Gasteiger partial charge in [0.25, 0.3) is 0 Å². The number of likely N-dealkylation sites (N-methyl/N-ethyl adjacent to an activating group) is 1. The normalized spacial score (nSPS) is 11.1. The number of nitrogens with one attached hydrogen (secondary N) is 1. The van der Waals surface area contributed by atoms with Crippen molar-refractivity contribution in [2.75, 3.05) is 33.1 Å². The van der Waals surface area contributed by atoms with Gasteiger partial charge in [-0.1, -0.05) is 18.2 Å². The van der Waals surface area contributed by atoms with Crippen LogP contribution in [-0.2, 0) is 21.1 Å². The van der Waals surface area contributed by atoms with E-state index < -0.39 is 5.97 Å². The lowest BCUT2D eigenvalue weighted by atomic mass is 10.0. The number of carbonyl (C=O) groups excluding carboxylic acids is 2. The Balaban J connectivity index is 1.77. The molecule has 9 heteroatoms. The minimum absolute atomic E-state index is 0.00675. The number of esters is 1. The molecule has 39 heavy (non-hydrogen) atoms. The lowest BCUT2D eigenvalue weighted by Crippen LogP contribution is -2.13. The summed E-state index contributed by atoms with van der Waals surface area (Å²) in [6.07, 6.45) is 6.87. The van der Waals surface area contributed by atoms with Gasteiger partial charge in [-0.3, -0.25) is 14.2 Å². The van der Waals surface area contributed by atoms with Crippen molar-refractivity contribution in [3.63, 3.8) is 0 Å². The van der Waals surface area contributed by atoms with Crippen LogP contribution in [-0.4, -0.2) is 54.1 Å². The average Bonchev–Trinajstić information content (AvgIpc) is 3.29. The van der Waals surface area contributed by atoms with Crippen LogP contribution in [0.4, 0.5) is 5.69 Å². The van der Waals surface area contributed by atoms with Gasteiger partial charge in [-0.25, -0.2) is 4.98 Å². The lowest BCUT2D eigenvalue weighted by Gasteiger charge is -2.11. The Morgan fingerprint density at radius 1 is 1.13 bits per heavy atom. The molecule has 2 aromatic heterocycles. The highest BCUT2D eigenvalue weighted by atomic mass is 16.5. The third kappa shape index (κ3) is 6.69. The first-order chi connectivity index (χ1) is 18.8. The fraction of sp³-hybridized carbons (Fsp3) is 0.200. The summed E-state index contributed by atoms with van der Waals surface area (Å²) in [7, 11) is 5.42. The van der Waals surface area contributed by atoms with Crippen LogP contribution in [0.2, 0.25) is 0 Å². The number of hydrogen-bond donors (Lipinski definition) is 1. The summed E-state index contributed by atoms with van der Waals surface area (Å²) in [5.74, 6) is -0.0644. The molecule has 0 aliphatic rings. The van der Waals surface area contributed by atoms with Crippen molar-refractivity contribution in [3.05, 3.63) is 78.6 Å². The molecule has 1 amide bonds. The van der Waals surface area contributed by atoms with Crippen LogP contribution in [0.25, 0.3) is 33.3 Å². The topological polar surface area (TPSA) is 109 Å². The zero-order chi connectivity index (χ0) is 27.9. The molecule has 0 radical (unpaired) electrons. The van der Waals surface area contributed by atoms with Gasteiger partial charge < -0.3 is 19.7 Å². The molecule has 0 aliphatic carbocycles. The number of benzene rings is 2. The summed E-state index contributed by atoms with van der Waals surface area (Å²) >= 11 is 0. The minimum atomic E-state index is -0.399. The Labute approximate surface area is 226 Å². The number of methoxy groups -OCH3 is 1. The van der Waals surface area contributed by atoms with E-state index in [1.54, 1.807) is 42.1 Å². The van der Waals surface area contributed by atoms with Crippen LogP contribution < -0.4 is 10.1 Å². The highest BCUT2D eigenvalue weighted by Gasteiger charge is 2.15. The number of rotatable bonds is 9. The van der Waals surface area contributed by atoms with Crippen LogP contribution in [0.1, 0.15) is 12.5 Å². The zero-order valence-electron chi connectivity index (χ0n) is 22.3. The number of carbonyl (C=O) groups is 2. The molecule has 0 atom stereocenters. The van der Waals surface area contributed by atoms with Crippen molar-refractivity contribution in [1.82, 2.24) is 14.5 Å². The van der Waals surface area contributed by atoms with Crippen LogP contribution in [0.15, 0.2) is 73.1 Å². The zero-order valence-corrected chi connectivity index (χ0v) is 22.3. The molecule has 0 fully saturated rings. The molecule has 0 saturated carbocycles. The van der Waals surface area contributed by atoms with Crippen molar-refractivity contribution in [1.29, 1.82) is 5.26 Å². The van der Waals surface area contributed by atoms with Crippen molar-refractivity contribution >= 4 is 28.6 Å². The maximum Gasteiger partial charge on any atom is 0.304 e. The molecule has 2 aromatic carbocycles. The van der Waals surface area contributed by atoms with Crippen molar-refractivity contribution < 1.29 is 19.1 Å². The molecule has 9 nitrogen and oxygen atoms in total. The third-order valence-electron chi connectivity index (χ3n) is 5.91. The summed E-state index contributed by atoms with van der Waals surface area (Å²) in [5.41, 5.74) is 5.00. The molecule has 0 saturated heterocycles. The quantitative estimate of drug-likeness (QED) is 0.247. The molecule has 2 heterocycles. The summed E-state index contributed by atoms with van der Waals surface area (Å²) in [6, 6.07) is 16.9. The Morgan fingerprint density at radius 3 is 2.67 bits per heavy atom. The summed E-state index contributed by atoms with van der Waals surface area (Å²) in [5, 5.41) is 13.1. The Hall–Kier alpha value is -4.94. The molecule has 1 N–H and O–H groups in total. The van der Waals surface area contributed by atoms with E-state index >= 15 is 0 Å². The van der Waals surface area contributed by atoms with Gasteiger partial charge in [-0.15, -0.1) is 0 Å². The number of hydrogen-bond acceptors (Lipinski definition) is 7. The standard InChI is InChI=1S/C30H29N5O4/c1-20(36)39-19-35-18-28(22-8-5-7-21(11-22)16-31)27-14-24(17-32-30(27)35)23-12-25(15-26(13-23)38-4)33-29(37)9-6-10-34(2)3/h5-9,11-15,17-18H,10,19H2,1-4H3,(H,33,37). The molecule has 0 aliphatic heterocycles.